The van der Waals surface area contributed by atoms with Crippen molar-refractivity contribution in [1.29, 1.82) is 0 Å². The van der Waals surface area contributed by atoms with Crippen LogP contribution in [0.4, 0.5) is 13.2 Å². The molecule has 7 heteroatoms. The van der Waals surface area contributed by atoms with Crippen LogP contribution >= 0.6 is 0 Å². The van der Waals surface area contributed by atoms with Crippen LogP contribution in [-0.4, -0.2) is 20.6 Å². The number of hydrogen-bond acceptors (Lipinski definition) is 4. The summed E-state index contributed by atoms with van der Waals surface area (Å²) >= 11 is 0. The van der Waals surface area contributed by atoms with Crippen molar-refractivity contribution in [3.8, 4) is 17.2 Å². The van der Waals surface area contributed by atoms with Crippen LogP contribution in [0.5, 0.6) is 17.2 Å². The van der Waals surface area contributed by atoms with E-state index < -0.39 is 12.4 Å². The van der Waals surface area contributed by atoms with Gasteiger partial charge in [-0.1, -0.05) is 24.3 Å². The van der Waals surface area contributed by atoms with Gasteiger partial charge in [0.2, 0.25) is 0 Å². The second kappa shape index (κ2) is 6.78. The predicted molar refractivity (Wildman–Crippen MR) is 78.7 cm³/mol. The zero-order chi connectivity index (χ0) is 17.0. The van der Waals surface area contributed by atoms with Crippen LogP contribution in [0.25, 0.3) is 0 Å². The van der Waals surface area contributed by atoms with Gasteiger partial charge in [0, 0.05) is 5.56 Å². The molecule has 0 unspecified atom stereocenters. The Labute approximate surface area is 131 Å². The van der Waals surface area contributed by atoms with Crippen LogP contribution in [-0.2, 0) is 0 Å². The van der Waals surface area contributed by atoms with Gasteiger partial charge in [-0.05, 0) is 23.8 Å². The fraction of sp³-hybridized carbons (Fsp3) is 0.250. The van der Waals surface area contributed by atoms with E-state index in [9.17, 15) is 13.2 Å². The van der Waals surface area contributed by atoms with Gasteiger partial charge >= 0.3 is 6.36 Å². The van der Waals surface area contributed by atoms with Gasteiger partial charge in [0.25, 0.3) is 0 Å². The van der Waals surface area contributed by atoms with Crippen molar-refractivity contribution in [2.75, 3.05) is 14.2 Å². The van der Waals surface area contributed by atoms with Crippen molar-refractivity contribution >= 4 is 0 Å². The molecule has 0 amide bonds. The lowest BCUT2D eigenvalue weighted by atomic mass is 9.98. The molecule has 0 fully saturated rings. The molecule has 1 atom stereocenters. The first-order valence-electron chi connectivity index (χ1n) is 6.68. The minimum Gasteiger partial charge on any atom is -0.493 e. The molecule has 0 aliphatic carbocycles. The topological polar surface area (TPSA) is 53.7 Å². The molecule has 0 bridgehead atoms. The molecule has 0 spiro atoms. The molecule has 0 saturated carbocycles. The lowest BCUT2D eigenvalue weighted by Crippen LogP contribution is -2.17. The van der Waals surface area contributed by atoms with Crippen LogP contribution in [0, 0.1) is 0 Å². The fourth-order valence-corrected chi connectivity index (χ4v) is 2.21. The SMILES string of the molecule is COc1cccc([C@@H](N)c2ccc(OC(F)(F)F)cc2)c1OC. The highest BCUT2D eigenvalue weighted by Gasteiger charge is 2.31. The maximum absolute atomic E-state index is 12.2. The van der Waals surface area contributed by atoms with E-state index in [1.54, 1.807) is 18.2 Å². The summed E-state index contributed by atoms with van der Waals surface area (Å²) in [4.78, 5) is 0. The second-order valence-electron chi connectivity index (χ2n) is 4.68. The summed E-state index contributed by atoms with van der Waals surface area (Å²) in [7, 11) is 3.00. The van der Waals surface area contributed by atoms with Gasteiger partial charge in [0.15, 0.2) is 11.5 Å². The van der Waals surface area contributed by atoms with E-state index in [4.69, 9.17) is 15.2 Å². The normalized spacial score (nSPS) is 12.6. The lowest BCUT2D eigenvalue weighted by Gasteiger charge is -2.18. The molecular formula is C16H16F3NO3. The molecule has 124 valence electrons. The van der Waals surface area contributed by atoms with Gasteiger partial charge in [-0.2, -0.15) is 0 Å². The van der Waals surface area contributed by atoms with E-state index in [0.29, 0.717) is 22.6 Å². The van der Waals surface area contributed by atoms with Gasteiger partial charge in [0.05, 0.1) is 20.3 Å². The summed E-state index contributed by atoms with van der Waals surface area (Å²) in [6.45, 7) is 0. The zero-order valence-electron chi connectivity index (χ0n) is 12.6. The van der Waals surface area contributed by atoms with Crippen molar-refractivity contribution in [2.45, 2.75) is 12.4 Å². The fourth-order valence-electron chi connectivity index (χ4n) is 2.21. The Morgan fingerprint density at radius 3 is 2.13 bits per heavy atom. The Morgan fingerprint density at radius 1 is 0.957 bits per heavy atom. The molecule has 0 aliphatic rings. The molecule has 0 saturated heterocycles. The monoisotopic (exact) mass is 327 g/mol. The number of alkyl halides is 3. The standard InChI is InChI=1S/C16H16F3NO3/c1-21-13-5-3-4-12(15(13)22-2)14(20)10-6-8-11(9-7-10)23-16(17,18)19/h3-9,14H,20H2,1-2H3/t14-/m0/s1. The number of hydrogen-bond donors (Lipinski definition) is 1. The first-order valence-corrected chi connectivity index (χ1v) is 6.68. The molecule has 2 aromatic rings. The van der Waals surface area contributed by atoms with E-state index in [-0.39, 0.29) is 5.75 Å². The molecule has 23 heavy (non-hydrogen) atoms. The number of methoxy groups -OCH3 is 2. The third-order valence-electron chi connectivity index (χ3n) is 3.24. The number of nitrogens with two attached hydrogens (primary N) is 1. The van der Waals surface area contributed by atoms with Crippen LogP contribution < -0.4 is 19.9 Å². The quantitative estimate of drug-likeness (QED) is 0.911. The average Bonchev–Trinajstić information content (AvgIpc) is 2.52. The first-order chi connectivity index (χ1) is 10.9. The van der Waals surface area contributed by atoms with Gasteiger partial charge in [-0.25, -0.2) is 0 Å². The predicted octanol–water partition coefficient (Wildman–Crippen LogP) is 3.65. The van der Waals surface area contributed by atoms with Crippen LogP contribution in [0.2, 0.25) is 0 Å². The Morgan fingerprint density at radius 2 is 1.61 bits per heavy atom. The Balaban J connectivity index is 2.29. The molecule has 0 aromatic heterocycles. The van der Waals surface area contributed by atoms with Crippen molar-refractivity contribution in [1.82, 2.24) is 0 Å². The lowest BCUT2D eigenvalue weighted by molar-refractivity contribution is -0.274. The molecule has 2 rings (SSSR count). The molecule has 2 N–H and O–H groups in total. The summed E-state index contributed by atoms with van der Waals surface area (Å²) in [5, 5.41) is 0. The number of para-hydroxylation sites is 1. The molecule has 0 aliphatic heterocycles. The summed E-state index contributed by atoms with van der Waals surface area (Å²) in [5.41, 5.74) is 7.48. The van der Waals surface area contributed by atoms with Crippen molar-refractivity contribution in [3.05, 3.63) is 53.6 Å². The van der Waals surface area contributed by atoms with Gasteiger partial charge in [0.1, 0.15) is 5.75 Å². The number of ether oxygens (including phenoxy) is 3. The average molecular weight is 327 g/mol. The minimum absolute atomic E-state index is 0.300. The smallest absolute Gasteiger partial charge is 0.493 e. The highest BCUT2D eigenvalue weighted by atomic mass is 19.4. The van der Waals surface area contributed by atoms with E-state index in [1.807, 2.05) is 0 Å². The Bertz CT molecular complexity index is 657. The van der Waals surface area contributed by atoms with Crippen LogP contribution in [0.1, 0.15) is 17.2 Å². The maximum Gasteiger partial charge on any atom is 0.573 e. The molecule has 0 heterocycles. The largest absolute Gasteiger partial charge is 0.573 e. The molecule has 0 radical (unpaired) electrons. The van der Waals surface area contributed by atoms with E-state index >= 15 is 0 Å². The summed E-state index contributed by atoms with van der Waals surface area (Å²) in [5.74, 6) is 0.710. The van der Waals surface area contributed by atoms with Crippen LogP contribution in [0.15, 0.2) is 42.5 Å². The highest BCUT2D eigenvalue weighted by Crippen LogP contribution is 2.36. The van der Waals surface area contributed by atoms with E-state index in [0.717, 1.165) is 0 Å². The zero-order valence-corrected chi connectivity index (χ0v) is 12.6. The van der Waals surface area contributed by atoms with Crippen molar-refractivity contribution in [2.24, 2.45) is 5.73 Å². The van der Waals surface area contributed by atoms with E-state index in [2.05, 4.69) is 4.74 Å². The third kappa shape index (κ3) is 4.07. The van der Waals surface area contributed by atoms with Crippen LogP contribution in [0.3, 0.4) is 0 Å². The molecular weight excluding hydrogens is 311 g/mol. The van der Waals surface area contributed by atoms with E-state index in [1.165, 1.54) is 38.5 Å². The van der Waals surface area contributed by atoms with Crippen molar-refractivity contribution < 1.29 is 27.4 Å². The van der Waals surface area contributed by atoms with Gasteiger partial charge in [-0.3, -0.25) is 0 Å². The summed E-state index contributed by atoms with van der Waals surface area (Å²) < 4.78 is 50.9. The maximum atomic E-state index is 12.2. The number of benzene rings is 2. The van der Waals surface area contributed by atoms with Gasteiger partial charge < -0.3 is 19.9 Å². The second-order valence-corrected chi connectivity index (χ2v) is 4.68. The van der Waals surface area contributed by atoms with Gasteiger partial charge in [-0.15, -0.1) is 13.2 Å². The summed E-state index contributed by atoms with van der Waals surface area (Å²) in [6.07, 6.45) is -4.72. The Hall–Kier alpha value is -2.41. The number of rotatable bonds is 5. The third-order valence-corrected chi connectivity index (χ3v) is 3.24. The number of halogens is 3. The first kappa shape index (κ1) is 17.0. The Kier molecular flexibility index (Phi) is 5.00. The molecule has 2 aromatic carbocycles. The summed E-state index contributed by atoms with van der Waals surface area (Å²) in [6, 6.07) is 10.1. The highest BCUT2D eigenvalue weighted by molar-refractivity contribution is 5.50. The van der Waals surface area contributed by atoms with Crippen molar-refractivity contribution in [3.63, 3.8) is 0 Å². The molecule has 4 nitrogen and oxygen atoms in total. The minimum atomic E-state index is -4.72.